The van der Waals surface area contributed by atoms with Crippen molar-refractivity contribution < 1.29 is 9.53 Å². The van der Waals surface area contributed by atoms with Crippen molar-refractivity contribution in [2.75, 3.05) is 7.11 Å². The van der Waals surface area contributed by atoms with Crippen LogP contribution >= 0.6 is 0 Å². The fraction of sp³-hybridized carbons (Fsp3) is 0.625. The van der Waals surface area contributed by atoms with Crippen molar-refractivity contribution in [3.8, 4) is 5.75 Å². The monoisotopic (exact) mass is 263 g/mol. The van der Waals surface area contributed by atoms with Gasteiger partial charge >= 0.3 is 0 Å². The van der Waals surface area contributed by atoms with E-state index in [1.807, 2.05) is 0 Å². The molecule has 0 unspecified atom stereocenters. The Morgan fingerprint density at radius 3 is 2.53 bits per heavy atom. The summed E-state index contributed by atoms with van der Waals surface area (Å²) in [5.74, 6) is 0.668. The van der Waals surface area contributed by atoms with Crippen LogP contribution < -0.4 is 4.74 Å². The van der Waals surface area contributed by atoms with Crippen LogP contribution in [0.15, 0.2) is 18.3 Å². The number of hydrogen-bond donors (Lipinski definition) is 0. The quantitative estimate of drug-likeness (QED) is 0.463. The van der Waals surface area contributed by atoms with Crippen molar-refractivity contribution in [2.24, 2.45) is 0 Å². The van der Waals surface area contributed by atoms with Gasteiger partial charge in [-0.1, -0.05) is 45.4 Å². The number of rotatable bonds is 10. The number of aromatic nitrogens is 1. The Balaban J connectivity index is 2.24. The molecule has 0 amide bonds. The first-order valence-corrected chi connectivity index (χ1v) is 7.31. The molecule has 0 saturated carbocycles. The fourth-order valence-electron chi connectivity index (χ4n) is 2.13. The minimum atomic E-state index is 0.0889. The van der Waals surface area contributed by atoms with Crippen molar-refractivity contribution in [1.82, 2.24) is 4.98 Å². The van der Waals surface area contributed by atoms with Gasteiger partial charge in [0.2, 0.25) is 0 Å². The number of Topliss-reactive ketones (excluding diaryl/α,β-unsaturated/α-hetero) is 1. The highest BCUT2D eigenvalue weighted by atomic mass is 16.5. The largest absolute Gasteiger partial charge is 0.494 e. The van der Waals surface area contributed by atoms with Crippen LogP contribution in [0.5, 0.6) is 5.75 Å². The van der Waals surface area contributed by atoms with Gasteiger partial charge < -0.3 is 4.74 Å². The maximum atomic E-state index is 12.0. The molecule has 0 bridgehead atoms. The summed E-state index contributed by atoms with van der Waals surface area (Å²) in [5.41, 5.74) is 0.469. The van der Waals surface area contributed by atoms with Gasteiger partial charge in [-0.3, -0.25) is 4.79 Å². The summed E-state index contributed by atoms with van der Waals surface area (Å²) in [7, 11) is 1.57. The number of pyridine rings is 1. The second-order valence-electron chi connectivity index (χ2n) is 4.85. The third-order valence-electron chi connectivity index (χ3n) is 3.26. The lowest BCUT2D eigenvalue weighted by Crippen LogP contribution is -2.04. The molecule has 0 spiro atoms. The standard InChI is InChI=1S/C16H25NO2/c1-3-4-5-6-7-8-9-11-14(18)16-15(19-2)12-10-13-17-16/h10,12-13H,3-9,11H2,1-2H3. The number of nitrogens with zero attached hydrogens (tertiary/aromatic N) is 1. The summed E-state index contributed by atoms with van der Waals surface area (Å²) < 4.78 is 5.15. The molecule has 0 atom stereocenters. The van der Waals surface area contributed by atoms with Crippen LogP contribution in [0, 0.1) is 0 Å². The second-order valence-corrected chi connectivity index (χ2v) is 4.85. The van der Waals surface area contributed by atoms with Crippen molar-refractivity contribution in [3.05, 3.63) is 24.0 Å². The number of carbonyl (C=O) groups excluding carboxylic acids is 1. The predicted octanol–water partition coefficient (Wildman–Crippen LogP) is 4.41. The van der Waals surface area contributed by atoms with Gasteiger partial charge in [0.1, 0.15) is 11.4 Å². The van der Waals surface area contributed by atoms with E-state index in [9.17, 15) is 4.79 Å². The van der Waals surface area contributed by atoms with Gasteiger partial charge in [0.25, 0.3) is 0 Å². The van der Waals surface area contributed by atoms with Gasteiger partial charge in [0.15, 0.2) is 5.78 Å². The summed E-state index contributed by atoms with van der Waals surface area (Å²) in [5, 5.41) is 0. The molecule has 1 rings (SSSR count). The van der Waals surface area contributed by atoms with E-state index in [1.54, 1.807) is 25.4 Å². The number of ketones is 1. The topological polar surface area (TPSA) is 39.2 Å². The molecular formula is C16H25NO2. The third kappa shape index (κ3) is 5.86. The Morgan fingerprint density at radius 1 is 1.16 bits per heavy atom. The van der Waals surface area contributed by atoms with Gasteiger partial charge in [0, 0.05) is 12.6 Å². The molecule has 1 aromatic heterocycles. The lowest BCUT2D eigenvalue weighted by Gasteiger charge is -2.06. The van der Waals surface area contributed by atoms with Crippen LogP contribution in [0.4, 0.5) is 0 Å². The third-order valence-corrected chi connectivity index (χ3v) is 3.26. The molecule has 1 aromatic rings. The number of methoxy groups -OCH3 is 1. The summed E-state index contributed by atoms with van der Waals surface area (Å²) >= 11 is 0. The van der Waals surface area contributed by atoms with Gasteiger partial charge in [-0.15, -0.1) is 0 Å². The molecule has 0 aliphatic heterocycles. The molecule has 106 valence electrons. The van der Waals surface area contributed by atoms with E-state index in [0.29, 0.717) is 17.9 Å². The first-order valence-electron chi connectivity index (χ1n) is 7.31. The van der Waals surface area contributed by atoms with Crippen LogP contribution in [0.25, 0.3) is 0 Å². The van der Waals surface area contributed by atoms with Crippen LogP contribution in [0.1, 0.15) is 68.8 Å². The van der Waals surface area contributed by atoms with Crippen LogP contribution in [0.2, 0.25) is 0 Å². The van der Waals surface area contributed by atoms with Gasteiger partial charge in [-0.2, -0.15) is 0 Å². The lowest BCUT2D eigenvalue weighted by molar-refractivity contribution is 0.0971. The average molecular weight is 263 g/mol. The summed E-state index contributed by atoms with van der Waals surface area (Å²) in [6.45, 7) is 2.22. The number of ether oxygens (including phenoxy) is 1. The zero-order valence-electron chi connectivity index (χ0n) is 12.2. The highest BCUT2D eigenvalue weighted by Crippen LogP contribution is 2.18. The molecule has 0 fully saturated rings. The molecule has 19 heavy (non-hydrogen) atoms. The molecule has 0 aliphatic rings. The molecule has 0 N–H and O–H groups in total. The number of unbranched alkanes of at least 4 members (excludes halogenated alkanes) is 6. The SMILES string of the molecule is CCCCCCCCCC(=O)c1ncccc1OC. The molecule has 0 saturated heterocycles. The van der Waals surface area contributed by atoms with Crippen molar-refractivity contribution in [3.63, 3.8) is 0 Å². The maximum Gasteiger partial charge on any atom is 0.184 e. The molecule has 3 nitrogen and oxygen atoms in total. The van der Waals surface area contributed by atoms with E-state index in [0.717, 1.165) is 12.8 Å². The molecule has 0 aromatic carbocycles. The zero-order chi connectivity index (χ0) is 13.9. The Hall–Kier alpha value is -1.38. The Bertz CT molecular complexity index is 377. The smallest absolute Gasteiger partial charge is 0.184 e. The Labute approximate surface area is 116 Å². The van der Waals surface area contributed by atoms with Gasteiger partial charge in [0.05, 0.1) is 7.11 Å². The van der Waals surface area contributed by atoms with Crippen molar-refractivity contribution >= 4 is 5.78 Å². The number of carbonyl (C=O) groups is 1. The van der Waals surface area contributed by atoms with Crippen LogP contribution in [0.3, 0.4) is 0 Å². The predicted molar refractivity (Wildman–Crippen MR) is 77.7 cm³/mol. The van der Waals surface area contributed by atoms with Crippen LogP contribution in [-0.4, -0.2) is 17.9 Å². The molecule has 0 radical (unpaired) electrons. The van der Waals surface area contributed by atoms with E-state index in [4.69, 9.17) is 4.74 Å². The lowest BCUT2D eigenvalue weighted by atomic mass is 10.1. The van der Waals surface area contributed by atoms with Crippen molar-refractivity contribution in [2.45, 2.75) is 58.3 Å². The second kappa shape index (κ2) is 9.54. The van der Waals surface area contributed by atoms with Gasteiger partial charge in [-0.25, -0.2) is 4.98 Å². The van der Waals surface area contributed by atoms with Crippen molar-refractivity contribution in [1.29, 1.82) is 0 Å². The fourth-order valence-corrected chi connectivity index (χ4v) is 2.13. The van der Waals surface area contributed by atoms with E-state index in [-0.39, 0.29) is 5.78 Å². The molecule has 3 heteroatoms. The highest BCUT2D eigenvalue weighted by molar-refractivity contribution is 5.96. The Morgan fingerprint density at radius 2 is 1.84 bits per heavy atom. The van der Waals surface area contributed by atoms with E-state index in [2.05, 4.69) is 11.9 Å². The minimum absolute atomic E-state index is 0.0889. The molecule has 0 aliphatic carbocycles. The van der Waals surface area contributed by atoms with E-state index < -0.39 is 0 Å². The zero-order valence-corrected chi connectivity index (χ0v) is 12.2. The normalized spacial score (nSPS) is 10.4. The van der Waals surface area contributed by atoms with Crippen LogP contribution in [-0.2, 0) is 0 Å². The summed E-state index contributed by atoms with van der Waals surface area (Å²) in [4.78, 5) is 16.1. The first-order chi connectivity index (χ1) is 9.29. The van der Waals surface area contributed by atoms with E-state index >= 15 is 0 Å². The van der Waals surface area contributed by atoms with Gasteiger partial charge in [-0.05, 0) is 18.6 Å². The van der Waals surface area contributed by atoms with E-state index in [1.165, 1.54) is 32.1 Å². The maximum absolute atomic E-state index is 12.0. The molecular weight excluding hydrogens is 238 g/mol. The summed E-state index contributed by atoms with van der Waals surface area (Å²) in [6, 6.07) is 3.56. The summed E-state index contributed by atoms with van der Waals surface area (Å²) in [6.07, 6.45) is 10.7. The molecule has 1 heterocycles. The highest BCUT2D eigenvalue weighted by Gasteiger charge is 2.12. The Kier molecular flexibility index (Phi) is 7.87. The number of hydrogen-bond acceptors (Lipinski definition) is 3. The average Bonchev–Trinajstić information content (AvgIpc) is 2.46. The minimum Gasteiger partial charge on any atom is -0.494 e. The first kappa shape index (κ1) is 15.7.